The number of carbonyl (C=O) groups excluding carboxylic acids is 2. The number of hydrogen-bond donors (Lipinski definition) is 0. The van der Waals surface area contributed by atoms with Crippen LogP contribution in [-0.4, -0.2) is 30.0 Å². The second kappa shape index (κ2) is 8.91. The van der Waals surface area contributed by atoms with Gasteiger partial charge in [-0.25, -0.2) is 0 Å². The number of nitrogens with zero attached hydrogens (tertiary/aromatic N) is 2. The Balaban J connectivity index is 1.57. The Morgan fingerprint density at radius 2 is 1.63 bits per heavy atom. The predicted molar refractivity (Wildman–Crippen MR) is 116 cm³/mol. The zero-order valence-corrected chi connectivity index (χ0v) is 16.9. The van der Waals surface area contributed by atoms with Crippen molar-refractivity contribution in [3.8, 4) is 11.1 Å². The molecular formula is C25H24N2O3. The van der Waals surface area contributed by atoms with Crippen LogP contribution in [0.15, 0.2) is 79.1 Å². The van der Waals surface area contributed by atoms with Crippen molar-refractivity contribution in [3.63, 3.8) is 0 Å². The lowest BCUT2D eigenvalue weighted by atomic mass is 10.0. The molecule has 0 N–H and O–H groups in total. The Morgan fingerprint density at radius 3 is 2.30 bits per heavy atom. The Labute approximate surface area is 176 Å². The molecular weight excluding hydrogens is 376 g/mol. The van der Waals surface area contributed by atoms with E-state index < -0.39 is 0 Å². The normalized spacial score (nSPS) is 17.2. The van der Waals surface area contributed by atoms with E-state index >= 15 is 0 Å². The van der Waals surface area contributed by atoms with Gasteiger partial charge in [-0.3, -0.25) is 14.6 Å². The Morgan fingerprint density at radius 1 is 0.967 bits per heavy atom. The van der Waals surface area contributed by atoms with E-state index in [0.717, 1.165) is 23.2 Å². The van der Waals surface area contributed by atoms with Crippen molar-refractivity contribution in [2.45, 2.75) is 13.3 Å². The quantitative estimate of drug-likeness (QED) is 0.544. The molecule has 152 valence electrons. The van der Waals surface area contributed by atoms with Crippen LogP contribution in [0.5, 0.6) is 0 Å². The van der Waals surface area contributed by atoms with E-state index in [0.29, 0.717) is 18.7 Å². The average molecular weight is 400 g/mol. The fourth-order valence-electron chi connectivity index (χ4n) is 3.64. The summed E-state index contributed by atoms with van der Waals surface area (Å²) in [6.45, 7) is 2.67. The van der Waals surface area contributed by atoms with Crippen LogP contribution in [0.2, 0.25) is 0 Å². The Hall–Kier alpha value is -3.47. The van der Waals surface area contributed by atoms with Crippen LogP contribution in [0.4, 0.5) is 5.69 Å². The molecule has 4 rings (SSSR count). The van der Waals surface area contributed by atoms with Crippen molar-refractivity contribution in [1.29, 1.82) is 0 Å². The number of rotatable bonds is 7. The van der Waals surface area contributed by atoms with Gasteiger partial charge in [0.25, 0.3) is 5.91 Å². The van der Waals surface area contributed by atoms with Crippen molar-refractivity contribution >= 4 is 17.6 Å². The van der Waals surface area contributed by atoms with Gasteiger partial charge < -0.3 is 9.64 Å². The first-order valence-electron chi connectivity index (χ1n) is 10.2. The highest BCUT2D eigenvalue weighted by atomic mass is 16.5. The molecule has 0 radical (unpaired) electrons. The van der Waals surface area contributed by atoms with Crippen LogP contribution >= 0.6 is 0 Å². The Kier molecular flexibility index (Phi) is 5.89. The molecule has 2 unspecified atom stereocenters. The number of hydrogen-bond acceptors (Lipinski definition) is 4. The molecule has 3 aromatic rings. The zero-order valence-electron chi connectivity index (χ0n) is 16.9. The number of amides is 1. The number of carbonyl (C=O) groups is 2. The molecule has 5 heteroatoms. The average Bonchev–Trinajstić information content (AvgIpc) is 3.58. The number of aromatic nitrogens is 1. The fourth-order valence-corrected chi connectivity index (χ4v) is 3.64. The maximum Gasteiger partial charge on any atom is 0.309 e. The summed E-state index contributed by atoms with van der Waals surface area (Å²) in [5.74, 6) is -0.275. The van der Waals surface area contributed by atoms with Crippen LogP contribution < -0.4 is 4.90 Å². The minimum atomic E-state index is -0.168. The van der Waals surface area contributed by atoms with Crippen molar-refractivity contribution in [3.05, 3.63) is 84.7 Å². The summed E-state index contributed by atoms with van der Waals surface area (Å²) < 4.78 is 5.14. The molecule has 0 spiro atoms. The lowest BCUT2D eigenvalue weighted by Crippen LogP contribution is -2.33. The number of anilines is 1. The Bertz CT molecular complexity index is 1000. The maximum absolute atomic E-state index is 13.2. The summed E-state index contributed by atoms with van der Waals surface area (Å²) in [5.41, 5.74) is 3.60. The third kappa shape index (κ3) is 4.40. The van der Waals surface area contributed by atoms with Gasteiger partial charge in [0.15, 0.2) is 0 Å². The SMILES string of the molecule is CCOC(=O)C1CC1CN(C(=O)c1ccncc1)c1ccc(-c2ccccc2)cc1. The number of pyridine rings is 1. The third-order valence-electron chi connectivity index (χ3n) is 5.39. The molecule has 0 saturated heterocycles. The van der Waals surface area contributed by atoms with E-state index in [1.807, 2.05) is 49.4 Å². The smallest absolute Gasteiger partial charge is 0.309 e. The van der Waals surface area contributed by atoms with Gasteiger partial charge >= 0.3 is 5.97 Å². The van der Waals surface area contributed by atoms with E-state index in [9.17, 15) is 9.59 Å². The van der Waals surface area contributed by atoms with Crippen molar-refractivity contribution < 1.29 is 14.3 Å². The van der Waals surface area contributed by atoms with Crippen LogP contribution in [0, 0.1) is 11.8 Å². The minimum absolute atomic E-state index is 0.0978. The molecule has 0 aliphatic heterocycles. The van der Waals surface area contributed by atoms with E-state index in [1.54, 1.807) is 29.4 Å². The van der Waals surface area contributed by atoms with Crippen molar-refractivity contribution in [1.82, 2.24) is 4.98 Å². The highest BCUT2D eigenvalue weighted by Gasteiger charge is 2.45. The highest BCUT2D eigenvalue weighted by molar-refractivity contribution is 6.06. The first kappa shape index (κ1) is 19.8. The molecule has 1 amide bonds. The standard InChI is InChI=1S/C25H24N2O3/c1-2-30-25(29)23-16-21(23)17-27(24(28)20-12-14-26-15-13-20)22-10-8-19(9-11-22)18-6-4-3-5-7-18/h3-15,21,23H,2,16-17H2,1H3. The summed E-state index contributed by atoms with van der Waals surface area (Å²) >= 11 is 0. The van der Waals surface area contributed by atoms with Crippen molar-refractivity contribution in [2.24, 2.45) is 11.8 Å². The minimum Gasteiger partial charge on any atom is -0.466 e. The van der Waals surface area contributed by atoms with E-state index in [1.165, 1.54) is 0 Å². The van der Waals surface area contributed by atoms with E-state index in [-0.39, 0.29) is 23.7 Å². The van der Waals surface area contributed by atoms with Crippen LogP contribution in [0.1, 0.15) is 23.7 Å². The lowest BCUT2D eigenvalue weighted by Gasteiger charge is -2.23. The predicted octanol–water partition coefficient (Wildman–Crippen LogP) is 4.59. The molecule has 1 aromatic heterocycles. The highest BCUT2D eigenvalue weighted by Crippen LogP contribution is 2.41. The summed E-state index contributed by atoms with van der Waals surface area (Å²) in [4.78, 5) is 31.0. The molecule has 1 saturated carbocycles. The van der Waals surface area contributed by atoms with Gasteiger partial charge in [-0.15, -0.1) is 0 Å². The molecule has 1 aliphatic carbocycles. The summed E-state index contributed by atoms with van der Waals surface area (Å²) in [6, 6.07) is 21.5. The van der Waals surface area contributed by atoms with Gasteiger partial charge in [0, 0.05) is 30.2 Å². The molecule has 1 aliphatic rings. The largest absolute Gasteiger partial charge is 0.466 e. The number of ether oxygens (including phenoxy) is 1. The molecule has 1 heterocycles. The summed E-state index contributed by atoms with van der Waals surface area (Å²) in [6.07, 6.45) is 3.98. The maximum atomic E-state index is 13.2. The molecule has 5 nitrogen and oxygen atoms in total. The number of esters is 1. The van der Waals surface area contributed by atoms with Gasteiger partial charge in [0.05, 0.1) is 12.5 Å². The molecule has 2 atom stereocenters. The molecule has 2 aromatic carbocycles. The van der Waals surface area contributed by atoms with Gasteiger partial charge in [-0.05, 0) is 54.7 Å². The second-order valence-electron chi connectivity index (χ2n) is 7.42. The van der Waals surface area contributed by atoms with Crippen LogP contribution in [-0.2, 0) is 9.53 Å². The molecule has 1 fully saturated rings. The first-order chi connectivity index (χ1) is 14.7. The zero-order chi connectivity index (χ0) is 20.9. The summed E-state index contributed by atoms with van der Waals surface area (Å²) in [7, 11) is 0. The van der Waals surface area contributed by atoms with Gasteiger partial charge in [0.1, 0.15) is 0 Å². The van der Waals surface area contributed by atoms with Gasteiger partial charge in [-0.2, -0.15) is 0 Å². The van der Waals surface area contributed by atoms with E-state index in [2.05, 4.69) is 17.1 Å². The topological polar surface area (TPSA) is 59.5 Å². The van der Waals surface area contributed by atoms with Crippen molar-refractivity contribution in [2.75, 3.05) is 18.1 Å². The second-order valence-corrected chi connectivity index (χ2v) is 7.42. The van der Waals surface area contributed by atoms with Gasteiger partial charge in [-0.1, -0.05) is 42.5 Å². The van der Waals surface area contributed by atoms with E-state index in [4.69, 9.17) is 4.74 Å². The number of benzene rings is 2. The van der Waals surface area contributed by atoms with Crippen LogP contribution in [0.25, 0.3) is 11.1 Å². The fraction of sp³-hybridized carbons (Fsp3) is 0.240. The summed E-state index contributed by atoms with van der Waals surface area (Å²) in [5, 5.41) is 0. The monoisotopic (exact) mass is 400 g/mol. The lowest BCUT2D eigenvalue weighted by molar-refractivity contribution is -0.145. The third-order valence-corrected chi connectivity index (χ3v) is 5.39. The first-order valence-corrected chi connectivity index (χ1v) is 10.2. The van der Waals surface area contributed by atoms with Crippen LogP contribution in [0.3, 0.4) is 0 Å². The molecule has 30 heavy (non-hydrogen) atoms. The van der Waals surface area contributed by atoms with Gasteiger partial charge in [0.2, 0.25) is 0 Å². The molecule has 0 bridgehead atoms.